The molecule has 1 aromatic rings. The molecular formula is C9H16N4. The Kier molecular flexibility index (Phi) is 3.06. The summed E-state index contributed by atoms with van der Waals surface area (Å²) in [6.45, 7) is 4.99. The molecule has 13 heavy (non-hydrogen) atoms. The van der Waals surface area contributed by atoms with Gasteiger partial charge in [0.1, 0.15) is 5.84 Å². The van der Waals surface area contributed by atoms with E-state index in [9.17, 15) is 0 Å². The first-order valence-corrected chi connectivity index (χ1v) is 4.38. The Morgan fingerprint density at radius 3 is 2.85 bits per heavy atom. The van der Waals surface area contributed by atoms with Gasteiger partial charge in [0.25, 0.3) is 0 Å². The van der Waals surface area contributed by atoms with Gasteiger partial charge in [0.15, 0.2) is 0 Å². The van der Waals surface area contributed by atoms with Crippen molar-refractivity contribution in [3.63, 3.8) is 0 Å². The van der Waals surface area contributed by atoms with Gasteiger partial charge in [-0.1, -0.05) is 13.8 Å². The van der Waals surface area contributed by atoms with Gasteiger partial charge in [-0.05, 0) is 5.92 Å². The first kappa shape index (κ1) is 9.77. The molecule has 1 rings (SSSR count). The lowest BCUT2D eigenvalue weighted by Crippen LogP contribution is -2.14. The summed E-state index contributed by atoms with van der Waals surface area (Å²) in [7, 11) is 1.86. The van der Waals surface area contributed by atoms with Crippen molar-refractivity contribution in [1.82, 2.24) is 9.78 Å². The second kappa shape index (κ2) is 4.07. The molecule has 0 saturated heterocycles. The average molecular weight is 180 g/mol. The molecule has 1 aromatic heterocycles. The lowest BCUT2D eigenvalue weighted by Gasteiger charge is -1.99. The lowest BCUT2D eigenvalue weighted by atomic mass is 10.2. The number of nitrogens with two attached hydrogens (primary N) is 1. The number of aliphatic imine (C=N–C) groups is 1. The quantitative estimate of drug-likeness (QED) is 0.552. The summed E-state index contributed by atoms with van der Waals surface area (Å²) in [6.07, 6.45) is 3.58. The van der Waals surface area contributed by atoms with Gasteiger partial charge >= 0.3 is 0 Å². The molecule has 4 nitrogen and oxygen atoms in total. The second-order valence-electron chi connectivity index (χ2n) is 3.52. The van der Waals surface area contributed by atoms with Gasteiger partial charge in [-0.15, -0.1) is 0 Å². The van der Waals surface area contributed by atoms with Crippen LogP contribution < -0.4 is 5.73 Å². The Bertz CT molecular complexity index is 298. The summed E-state index contributed by atoms with van der Waals surface area (Å²) in [5.74, 6) is 1.11. The van der Waals surface area contributed by atoms with E-state index in [-0.39, 0.29) is 0 Å². The predicted molar refractivity (Wildman–Crippen MR) is 53.6 cm³/mol. The summed E-state index contributed by atoms with van der Waals surface area (Å²) in [5, 5.41) is 4.02. The van der Waals surface area contributed by atoms with Crippen molar-refractivity contribution in [3.05, 3.63) is 18.0 Å². The number of amidine groups is 1. The van der Waals surface area contributed by atoms with Crippen molar-refractivity contribution in [2.75, 3.05) is 6.54 Å². The Balaban J connectivity index is 2.67. The highest BCUT2D eigenvalue weighted by Crippen LogP contribution is 1.98. The van der Waals surface area contributed by atoms with E-state index in [0.29, 0.717) is 11.8 Å². The van der Waals surface area contributed by atoms with E-state index in [1.807, 2.05) is 13.2 Å². The van der Waals surface area contributed by atoms with Gasteiger partial charge in [0.05, 0.1) is 11.8 Å². The minimum absolute atomic E-state index is 0.537. The van der Waals surface area contributed by atoms with Gasteiger partial charge in [0, 0.05) is 19.8 Å². The summed E-state index contributed by atoms with van der Waals surface area (Å²) < 4.78 is 1.72. The van der Waals surface area contributed by atoms with E-state index in [1.165, 1.54) is 0 Å². The molecule has 0 spiro atoms. The molecule has 0 aromatic carbocycles. The second-order valence-corrected chi connectivity index (χ2v) is 3.52. The van der Waals surface area contributed by atoms with Gasteiger partial charge in [-0.2, -0.15) is 5.10 Å². The number of aromatic nitrogens is 2. The van der Waals surface area contributed by atoms with E-state index in [4.69, 9.17) is 5.73 Å². The molecule has 0 amide bonds. The Morgan fingerprint density at radius 2 is 2.38 bits per heavy atom. The van der Waals surface area contributed by atoms with Crippen molar-refractivity contribution in [3.8, 4) is 0 Å². The van der Waals surface area contributed by atoms with E-state index in [0.717, 1.165) is 12.1 Å². The number of nitrogens with zero attached hydrogens (tertiary/aromatic N) is 3. The molecule has 0 atom stereocenters. The molecule has 1 heterocycles. The normalized spacial score (nSPS) is 12.5. The van der Waals surface area contributed by atoms with E-state index >= 15 is 0 Å². The highest BCUT2D eigenvalue weighted by atomic mass is 15.2. The minimum atomic E-state index is 0.537. The summed E-state index contributed by atoms with van der Waals surface area (Å²) in [5.41, 5.74) is 6.65. The molecule has 0 aliphatic heterocycles. The largest absolute Gasteiger partial charge is 0.383 e. The van der Waals surface area contributed by atoms with Crippen LogP contribution in [0.2, 0.25) is 0 Å². The van der Waals surface area contributed by atoms with Crippen molar-refractivity contribution in [2.24, 2.45) is 23.7 Å². The first-order chi connectivity index (χ1) is 6.09. The zero-order valence-corrected chi connectivity index (χ0v) is 8.36. The van der Waals surface area contributed by atoms with E-state index in [2.05, 4.69) is 23.9 Å². The van der Waals surface area contributed by atoms with Crippen LogP contribution in [0.3, 0.4) is 0 Å². The molecule has 0 aliphatic rings. The van der Waals surface area contributed by atoms with Crippen LogP contribution in [0.25, 0.3) is 0 Å². The zero-order valence-electron chi connectivity index (χ0n) is 8.36. The molecule has 0 saturated carbocycles. The molecule has 0 aliphatic carbocycles. The topological polar surface area (TPSA) is 56.2 Å². The van der Waals surface area contributed by atoms with Crippen LogP contribution >= 0.6 is 0 Å². The van der Waals surface area contributed by atoms with Crippen LogP contribution in [0.1, 0.15) is 19.4 Å². The summed E-state index contributed by atoms with van der Waals surface area (Å²) in [4.78, 5) is 4.25. The highest BCUT2D eigenvalue weighted by molar-refractivity contribution is 5.96. The van der Waals surface area contributed by atoms with Gasteiger partial charge < -0.3 is 5.73 Å². The third kappa shape index (κ3) is 2.89. The van der Waals surface area contributed by atoms with Crippen LogP contribution in [-0.4, -0.2) is 22.2 Å². The number of aryl methyl sites for hydroxylation is 1. The average Bonchev–Trinajstić information content (AvgIpc) is 2.47. The molecular weight excluding hydrogens is 164 g/mol. The van der Waals surface area contributed by atoms with Gasteiger partial charge in [0.2, 0.25) is 0 Å². The van der Waals surface area contributed by atoms with E-state index in [1.54, 1.807) is 10.9 Å². The van der Waals surface area contributed by atoms with E-state index < -0.39 is 0 Å². The number of hydrogen-bond acceptors (Lipinski definition) is 2. The number of rotatable bonds is 3. The minimum Gasteiger partial charge on any atom is -0.383 e. The van der Waals surface area contributed by atoms with Crippen LogP contribution in [0.4, 0.5) is 0 Å². The highest BCUT2D eigenvalue weighted by Gasteiger charge is 2.00. The molecule has 2 N–H and O–H groups in total. The summed E-state index contributed by atoms with van der Waals surface area (Å²) in [6, 6.07) is 0. The monoisotopic (exact) mass is 180 g/mol. The van der Waals surface area contributed by atoms with Crippen molar-refractivity contribution in [1.29, 1.82) is 0 Å². The van der Waals surface area contributed by atoms with Crippen molar-refractivity contribution >= 4 is 5.84 Å². The van der Waals surface area contributed by atoms with Crippen molar-refractivity contribution < 1.29 is 0 Å². The smallest absolute Gasteiger partial charge is 0.128 e. The van der Waals surface area contributed by atoms with Crippen LogP contribution in [0.15, 0.2) is 17.4 Å². The fraction of sp³-hybridized carbons (Fsp3) is 0.556. The molecule has 72 valence electrons. The Labute approximate surface area is 78.5 Å². The maximum absolute atomic E-state index is 5.75. The standard InChI is InChI=1S/C9H16N4/c1-7(2)4-11-9(10)8-5-12-13(3)6-8/h5-7H,4H2,1-3H3,(H2,10,11). The lowest BCUT2D eigenvalue weighted by molar-refractivity contribution is 0.665. The first-order valence-electron chi connectivity index (χ1n) is 4.38. The molecule has 0 radical (unpaired) electrons. The van der Waals surface area contributed by atoms with Crippen LogP contribution in [0.5, 0.6) is 0 Å². The maximum Gasteiger partial charge on any atom is 0.128 e. The zero-order chi connectivity index (χ0) is 9.84. The molecule has 0 unspecified atom stereocenters. The van der Waals surface area contributed by atoms with Crippen LogP contribution in [0, 0.1) is 5.92 Å². The maximum atomic E-state index is 5.75. The molecule has 0 fully saturated rings. The fourth-order valence-corrected chi connectivity index (χ4v) is 0.926. The van der Waals surface area contributed by atoms with Crippen LogP contribution in [-0.2, 0) is 7.05 Å². The molecule has 0 bridgehead atoms. The third-order valence-corrected chi connectivity index (χ3v) is 1.63. The van der Waals surface area contributed by atoms with Gasteiger partial charge in [-0.3, -0.25) is 9.67 Å². The third-order valence-electron chi connectivity index (χ3n) is 1.63. The number of hydrogen-bond donors (Lipinski definition) is 1. The fourth-order valence-electron chi connectivity index (χ4n) is 0.926. The Morgan fingerprint density at radius 1 is 1.69 bits per heavy atom. The molecule has 4 heteroatoms. The van der Waals surface area contributed by atoms with Crippen molar-refractivity contribution in [2.45, 2.75) is 13.8 Å². The predicted octanol–water partition coefficient (Wildman–Crippen LogP) is 0.781. The summed E-state index contributed by atoms with van der Waals surface area (Å²) >= 11 is 0. The van der Waals surface area contributed by atoms with Gasteiger partial charge in [-0.25, -0.2) is 0 Å². The Hall–Kier alpha value is -1.32. The SMILES string of the molecule is CC(C)CN=C(N)c1cnn(C)c1.